The Morgan fingerprint density at radius 2 is 0.351 bits per heavy atom. The number of fused-ring (bicyclic) bond motifs is 6. The Hall–Kier alpha value is -12.5. The molecule has 17 aromatic carbocycles. The van der Waals surface area contributed by atoms with E-state index < -0.39 is 0 Å². The summed E-state index contributed by atoms with van der Waals surface area (Å²) in [6.07, 6.45) is 0. The lowest BCUT2D eigenvalue weighted by atomic mass is 9.90. The SMILES string of the molecule is c1ccc(N(c2ccccc2)c2ccc(-c3ccc4c(N(c5ccc6ccccc6c5)c5ccc6ccccc6c5)c5cc(-c6ccc(N(c7ccccc7)c7ccccc7)cc6)ccc5c(N(c5ccc6ccccc6c5)c5ccc6ccccc6c5)c4c3)cc2)cc1. The minimum Gasteiger partial charge on any atom is -0.311 e. The highest BCUT2D eigenvalue weighted by molar-refractivity contribution is 6.25. The molecule has 4 heteroatoms. The maximum atomic E-state index is 2.53. The summed E-state index contributed by atoms with van der Waals surface area (Å²) in [5.74, 6) is 0. The summed E-state index contributed by atoms with van der Waals surface area (Å²) in [5, 5.41) is 13.8. The summed E-state index contributed by atoms with van der Waals surface area (Å²) in [6, 6.07) is 138. The van der Waals surface area contributed by atoms with Crippen LogP contribution in [0.5, 0.6) is 0 Å². The third kappa shape index (κ3) is 10.4. The fourth-order valence-electron chi connectivity index (χ4n) is 13.9. The molecule has 0 spiro atoms. The van der Waals surface area contributed by atoms with E-state index >= 15 is 0 Å². The number of hydrogen-bond acceptors (Lipinski definition) is 4. The van der Waals surface area contributed by atoms with Gasteiger partial charge in [-0.3, -0.25) is 0 Å². The van der Waals surface area contributed by atoms with Crippen molar-refractivity contribution in [1.29, 1.82) is 0 Å². The molecule has 442 valence electrons. The van der Waals surface area contributed by atoms with Crippen LogP contribution in [0.25, 0.3) is 86.9 Å². The van der Waals surface area contributed by atoms with Gasteiger partial charge in [0, 0.05) is 78.4 Å². The molecule has 94 heavy (non-hydrogen) atoms. The second-order valence-corrected chi connectivity index (χ2v) is 24.1. The second-order valence-electron chi connectivity index (χ2n) is 24.1. The standard InChI is InChI=1S/C90H62N4/c1-5-29-75(30-6-1)91(76-31-7-2-8-32-76)79-47-37-67(38-48-79)73-45-55-85-87(61-73)89(93(81-51-41-63-21-13-17-25-69(63)57-81)82-52-42-64-22-14-18-26-70(64)58-82)86-56-46-74(68-39-49-80(50-40-68)92(77-33-9-3-10-34-77)78-35-11-4-12-36-78)62-88(86)90(85)94(83-53-43-65-23-15-19-27-71(65)59-83)84-54-44-66-24-16-20-28-72(66)60-84/h1-62H. The van der Waals surface area contributed by atoms with Crippen molar-refractivity contribution in [1.82, 2.24) is 0 Å². The van der Waals surface area contributed by atoms with Crippen LogP contribution in [-0.2, 0) is 0 Å². The van der Waals surface area contributed by atoms with E-state index in [4.69, 9.17) is 0 Å². The van der Waals surface area contributed by atoms with Crippen LogP contribution in [0, 0.1) is 0 Å². The molecule has 4 nitrogen and oxygen atoms in total. The summed E-state index contributed by atoms with van der Waals surface area (Å²) < 4.78 is 0. The summed E-state index contributed by atoms with van der Waals surface area (Å²) >= 11 is 0. The molecule has 0 saturated heterocycles. The number of anilines is 12. The smallest absolute Gasteiger partial charge is 0.0620 e. The number of nitrogens with zero attached hydrogens (tertiary/aromatic N) is 4. The first-order valence-corrected chi connectivity index (χ1v) is 32.2. The first kappa shape index (κ1) is 55.6. The Morgan fingerprint density at radius 1 is 0.128 bits per heavy atom. The molecule has 0 atom stereocenters. The first-order chi connectivity index (χ1) is 46.6. The highest BCUT2D eigenvalue weighted by Crippen LogP contribution is 2.54. The van der Waals surface area contributed by atoms with Crippen LogP contribution < -0.4 is 19.6 Å². The van der Waals surface area contributed by atoms with Gasteiger partial charge in [0.25, 0.3) is 0 Å². The molecular weight excluding hydrogens is 1140 g/mol. The third-order valence-corrected chi connectivity index (χ3v) is 18.4. The van der Waals surface area contributed by atoms with E-state index in [-0.39, 0.29) is 0 Å². The summed E-state index contributed by atoms with van der Waals surface area (Å²) in [4.78, 5) is 9.72. The number of benzene rings is 17. The lowest BCUT2D eigenvalue weighted by Crippen LogP contribution is -2.15. The number of hydrogen-bond donors (Lipinski definition) is 0. The van der Waals surface area contributed by atoms with Crippen LogP contribution >= 0.6 is 0 Å². The van der Waals surface area contributed by atoms with Crippen molar-refractivity contribution in [3.8, 4) is 22.3 Å². The van der Waals surface area contributed by atoms with Gasteiger partial charge in [0.2, 0.25) is 0 Å². The predicted molar refractivity (Wildman–Crippen MR) is 401 cm³/mol. The maximum absolute atomic E-state index is 2.53. The molecule has 0 heterocycles. The third-order valence-electron chi connectivity index (χ3n) is 18.4. The van der Waals surface area contributed by atoms with Crippen LogP contribution in [-0.4, -0.2) is 0 Å². The van der Waals surface area contributed by atoms with Gasteiger partial charge in [0.15, 0.2) is 0 Å². The first-order valence-electron chi connectivity index (χ1n) is 32.2. The molecule has 17 rings (SSSR count). The maximum Gasteiger partial charge on any atom is 0.0620 e. The van der Waals surface area contributed by atoms with E-state index in [1.807, 2.05) is 0 Å². The minimum absolute atomic E-state index is 1.06. The number of rotatable bonds is 14. The lowest BCUT2D eigenvalue weighted by molar-refractivity contribution is 1.28. The summed E-state index contributed by atoms with van der Waals surface area (Å²) in [7, 11) is 0. The molecule has 0 fully saturated rings. The van der Waals surface area contributed by atoms with Crippen molar-refractivity contribution in [3.63, 3.8) is 0 Å². The molecule has 0 aliphatic rings. The van der Waals surface area contributed by atoms with Gasteiger partial charge in [0.05, 0.1) is 11.4 Å². The van der Waals surface area contributed by atoms with Crippen LogP contribution in [0.15, 0.2) is 376 Å². The van der Waals surface area contributed by atoms with Crippen molar-refractivity contribution in [2.45, 2.75) is 0 Å². The average Bonchev–Trinajstić information content (AvgIpc) is 0.715. The van der Waals surface area contributed by atoms with Crippen LogP contribution in [0.2, 0.25) is 0 Å². The zero-order valence-corrected chi connectivity index (χ0v) is 51.6. The van der Waals surface area contributed by atoms with E-state index in [2.05, 4.69) is 396 Å². The Kier molecular flexibility index (Phi) is 14.2. The lowest BCUT2D eigenvalue weighted by Gasteiger charge is -2.33. The molecule has 0 radical (unpaired) electrons. The molecule has 0 saturated carbocycles. The van der Waals surface area contributed by atoms with Crippen molar-refractivity contribution < 1.29 is 0 Å². The molecule has 0 aliphatic heterocycles. The fraction of sp³-hybridized carbons (Fsp3) is 0. The predicted octanol–water partition coefficient (Wildman–Crippen LogP) is 25.8. The van der Waals surface area contributed by atoms with Gasteiger partial charge in [-0.2, -0.15) is 0 Å². The Balaban J connectivity index is 0.961. The zero-order chi connectivity index (χ0) is 62.3. The van der Waals surface area contributed by atoms with Crippen LogP contribution in [0.1, 0.15) is 0 Å². The van der Waals surface area contributed by atoms with Gasteiger partial charge in [0.1, 0.15) is 0 Å². The Morgan fingerprint density at radius 3 is 0.628 bits per heavy atom. The molecule has 0 N–H and O–H groups in total. The van der Waals surface area contributed by atoms with Gasteiger partial charge in [-0.05, 0) is 199 Å². The fourth-order valence-corrected chi connectivity index (χ4v) is 13.9. The normalized spacial score (nSPS) is 11.4. The average molecular weight is 1200 g/mol. The molecular formula is C90H62N4. The van der Waals surface area contributed by atoms with Crippen LogP contribution in [0.3, 0.4) is 0 Å². The van der Waals surface area contributed by atoms with Crippen molar-refractivity contribution in [2.24, 2.45) is 0 Å². The quantitative estimate of drug-likeness (QED) is 0.0795. The second kappa shape index (κ2) is 24.0. The van der Waals surface area contributed by atoms with Crippen LogP contribution in [0.4, 0.5) is 68.2 Å². The molecule has 17 aromatic rings. The minimum atomic E-state index is 1.06. The van der Waals surface area contributed by atoms with Gasteiger partial charge < -0.3 is 19.6 Å². The molecule has 0 unspecified atom stereocenters. The Bertz CT molecular complexity index is 5030. The van der Waals surface area contributed by atoms with Crippen molar-refractivity contribution >= 4 is 133 Å². The van der Waals surface area contributed by atoms with E-state index in [9.17, 15) is 0 Å². The highest BCUT2D eigenvalue weighted by atomic mass is 15.2. The van der Waals surface area contributed by atoms with Gasteiger partial charge in [-0.1, -0.05) is 243 Å². The monoisotopic (exact) mass is 1200 g/mol. The summed E-state index contributed by atoms with van der Waals surface area (Å²) in [5.41, 5.74) is 17.4. The van der Waals surface area contributed by atoms with Gasteiger partial charge in [-0.25, -0.2) is 0 Å². The molecule has 0 bridgehead atoms. The zero-order valence-electron chi connectivity index (χ0n) is 51.6. The van der Waals surface area contributed by atoms with E-state index in [1.165, 1.54) is 43.1 Å². The molecule has 0 aromatic heterocycles. The Labute approximate surface area is 547 Å². The molecule has 0 amide bonds. The van der Waals surface area contributed by atoms with Gasteiger partial charge in [-0.15, -0.1) is 0 Å². The topological polar surface area (TPSA) is 13.0 Å². The van der Waals surface area contributed by atoms with E-state index in [0.717, 1.165) is 112 Å². The number of para-hydroxylation sites is 4. The van der Waals surface area contributed by atoms with Crippen molar-refractivity contribution in [2.75, 3.05) is 19.6 Å². The van der Waals surface area contributed by atoms with E-state index in [1.54, 1.807) is 0 Å². The largest absolute Gasteiger partial charge is 0.311 e. The van der Waals surface area contributed by atoms with E-state index in [0.29, 0.717) is 0 Å². The summed E-state index contributed by atoms with van der Waals surface area (Å²) in [6.45, 7) is 0. The van der Waals surface area contributed by atoms with Gasteiger partial charge >= 0.3 is 0 Å². The molecule has 0 aliphatic carbocycles. The highest BCUT2D eigenvalue weighted by Gasteiger charge is 2.28. The van der Waals surface area contributed by atoms with Crippen molar-refractivity contribution in [3.05, 3.63) is 376 Å².